The van der Waals surface area contributed by atoms with Crippen molar-refractivity contribution in [1.29, 1.82) is 0 Å². The third-order valence-electron chi connectivity index (χ3n) is 6.13. The SMILES string of the molecule is CCNC(=O)[C@H](C)N(Cc1ccc(Br)cc1)C(=O)CN(c1cccc(C(F)(F)F)c1)S(=O)(=O)c1ccc(C)cc1. The molecule has 12 heteroatoms. The van der Waals surface area contributed by atoms with Gasteiger partial charge in [0.15, 0.2) is 0 Å². The number of rotatable bonds is 10. The molecule has 0 fully saturated rings. The Kier molecular flexibility index (Phi) is 10.0. The summed E-state index contributed by atoms with van der Waals surface area (Å²) >= 11 is 3.34. The number of aryl methyl sites for hydroxylation is 1. The van der Waals surface area contributed by atoms with E-state index in [1.54, 1.807) is 50.2 Å². The number of nitrogens with one attached hydrogen (secondary N) is 1. The van der Waals surface area contributed by atoms with Gasteiger partial charge < -0.3 is 10.2 Å². The molecule has 3 aromatic carbocycles. The Morgan fingerprint density at radius 3 is 2.20 bits per heavy atom. The number of anilines is 1. The summed E-state index contributed by atoms with van der Waals surface area (Å²) in [6.07, 6.45) is -4.74. The molecule has 2 amide bonds. The predicted molar refractivity (Wildman–Crippen MR) is 150 cm³/mol. The normalized spacial score (nSPS) is 12.5. The van der Waals surface area contributed by atoms with E-state index in [9.17, 15) is 31.2 Å². The lowest BCUT2D eigenvalue weighted by molar-refractivity contribution is -0.139. The van der Waals surface area contributed by atoms with Crippen LogP contribution in [0.4, 0.5) is 18.9 Å². The minimum atomic E-state index is -4.74. The summed E-state index contributed by atoms with van der Waals surface area (Å²) in [7, 11) is -4.48. The van der Waals surface area contributed by atoms with Crippen molar-refractivity contribution in [2.75, 3.05) is 17.4 Å². The molecule has 0 aliphatic carbocycles. The topological polar surface area (TPSA) is 86.8 Å². The highest BCUT2D eigenvalue weighted by Gasteiger charge is 2.35. The van der Waals surface area contributed by atoms with Crippen LogP contribution in [0.1, 0.15) is 30.5 Å². The maximum absolute atomic E-state index is 13.8. The number of halogens is 4. The number of likely N-dealkylation sites (N-methyl/N-ethyl adjacent to an activating group) is 1. The number of hydrogen-bond donors (Lipinski definition) is 1. The van der Waals surface area contributed by atoms with Crippen LogP contribution in [0, 0.1) is 6.92 Å². The second-order valence-electron chi connectivity index (χ2n) is 9.09. The lowest BCUT2D eigenvalue weighted by Crippen LogP contribution is -2.51. The smallest absolute Gasteiger partial charge is 0.355 e. The fourth-order valence-corrected chi connectivity index (χ4v) is 5.56. The maximum Gasteiger partial charge on any atom is 0.416 e. The first-order valence-electron chi connectivity index (χ1n) is 12.3. The van der Waals surface area contributed by atoms with Gasteiger partial charge in [-0.3, -0.25) is 13.9 Å². The van der Waals surface area contributed by atoms with E-state index in [-0.39, 0.29) is 17.1 Å². The van der Waals surface area contributed by atoms with Gasteiger partial charge in [-0.05, 0) is 68.8 Å². The number of sulfonamides is 1. The van der Waals surface area contributed by atoms with E-state index in [1.165, 1.54) is 30.0 Å². The quantitative estimate of drug-likeness (QED) is 0.316. The number of carbonyl (C=O) groups excluding carboxylic acids is 2. The summed E-state index contributed by atoms with van der Waals surface area (Å²) in [6.45, 7) is 4.41. The van der Waals surface area contributed by atoms with Crippen LogP contribution in [0.2, 0.25) is 0 Å². The van der Waals surface area contributed by atoms with Gasteiger partial charge in [-0.2, -0.15) is 13.2 Å². The Balaban J connectivity index is 2.09. The van der Waals surface area contributed by atoms with Crippen LogP contribution >= 0.6 is 15.9 Å². The number of carbonyl (C=O) groups is 2. The van der Waals surface area contributed by atoms with Crippen molar-refractivity contribution in [2.45, 2.75) is 44.4 Å². The summed E-state index contributed by atoms with van der Waals surface area (Å²) in [5.41, 5.74) is 0.0405. The van der Waals surface area contributed by atoms with Crippen LogP contribution in [-0.2, 0) is 32.3 Å². The monoisotopic (exact) mass is 639 g/mol. The Bertz CT molecular complexity index is 1450. The summed E-state index contributed by atoms with van der Waals surface area (Å²) in [5, 5.41) is 2.65. The highest BCUT2D eigenvalue weighted by molar-refractivity contribution is 9.10. The Morgan fingerprint density at radius 1 is 1.00 bits per heavy atom. The van der Waals surface area contributed by atoms with Crippen LogP contribution in [0.3, 0.4) is 0 Å². The average Bonchev–Trinajstić information content (AvgIpc) is 2.90. The molecule has 1 atom stereocenters. The van der Waals surface area contributed by atoms with Crippen molar-refractivity contribution in [2.24, 2.45) is 0 Å². The molecule has 0 saturated carbocycles. The van der Waals surface area contributed by atoms with Gasteiger partial charge in [0.25, 0.3) is 10.0 Å². The van der Waals surface area contributed by atoms with Crippen LogP contribution in [-0.4, -0.2) is 44.3 Å². The minimum absolute atomic E-state index is 0.0363. The molecule has 214 valence electrons. The van der Waals surface area contributed by atoms with E-state index in [0.717, 1.165) is 22.2 Å². The zero-order chi connectivity index (χ0) is 29.7. The lowest BCUT2D eigenvalue weighted by Gasteiger charge is -2.32. The zero-order valence-electron chi connectivity index (χ0n) is 22.1. The number of alkyl halides is 3. The molecule has 0 bridgehead atoms. The summed E-state index contributed by atoms with van der Waals surface area (Å²) in [6, 6.07) is 15.5. The van der Waals surface area contributed by atoms with Crippen LogP contribution in [0.25, 0.3) is 0 Å². The van der Waals surface area contributed by atoms with Crippen molar-refractivity contribution in [3.05, 3.63) is 94.0 Å². The molecule has 0 aromatic heterocycles. The molecule has 40 heavy (non-hydrogen) atoms. The summed E-state index contributed by atoms with van der Waals surface area (Å²) in [4.78, 5) is 27.5. The van der Waals surface area contributed by atoms with Gasteiger partial charge in [0, 0.05) is 17.6 Å². The number of hydrogen-bond acceptors (Lipinski definition) is 4. The van der Waals surface area contributed by atoms with Crippen LogP contribution < -0.4 is 9.62 Å². The second kappa shape index (κ2) is 12.9. The molecule has 0 saturated heterocycles. The van der Waals surface area contributed by atoms with Gasteiger partial charge in [0.1, 0.15) is 12.6 Å². The Labute approximate surface area is 240 Å². The molecule has 3 rings (SSSR count). The third-order valence-corrected chi connectivity index (χ3v) is 8.45. The highest BCUT2D eigenvalue weighted by atomic mass is 79.9. The minimum Gasteiger partial charge on any atom is -0.355 e. The van der Waals surface area contributed by atoms with Gasteiger partial charge in [0.2, 0.25) is 11.8 Å². The molecule has 0 spiro atoms. The van der Waals surface area contributed by atoms with E-state index in [0.29, 0.717) is 22.5 Å². The van der Waals surface area contributed by atoms with E-state index < -0.39 is 46.2 Å². The van der Waals surface area contributed by atoms with Crippen molar-refractivity contribution in [3.8, 4) is 0 Å². The van der Waals surface area contributed by atoms with E-state index >= 15 is 0 Å². The first-order chi connectivity index (χ1) is 18.7. The molecule has 0 heterocycles. The molecule has 0 radical (unpaired) electrons. The van der Waals surface area contributed by atoms with Crippen molar-refractivity contribution < 1.29 is 31.2 Å². The Hall–Kier alpha value is -3.38. The van der Waals surface area contributed by atoms with Crippen molar-refractivity contribution in [3.63, 3.8) is 0 Å². The van der Waals surface area contributed by atoms with Crippen LogP contribution in [0.15, 0.2) is 82.2 Å². The van der Waals surface area contributed by atoms with Gasteiger partial charge in [-0.1, -0.05) is 51.8 Å². The molecule has 0 aliphatic heterocycles. The number of amides is 2. The Morgan fingerprint density at radius 2 is 1.62 bits per heavy atom. The standard InChI is InChI=1S/C28H29BrF3N3O4S/c1-4-33-27(37)20(3)34(17-21-10-12-23(29)13-11-21)26(36)18-35(24-7-5-6-22(16-24)28(30,31)32)40(38,39)25-14-8-19(2)9-15-25/h5-16,20H,4,17-18H2,1-3H3,(H,33,37)/t20-/m0/s1. The van der Waals surface area contributed by atoms with Crippen molar-refractivity contribution in [1.82, 2.24) is 10.2 Å². The third kappa shape index (κ3) is 7.63. The van der Waals surface area contributed by atoms with E-state index in [2.05, 4.69) is 21.2 Å². The number of benzene rings is 3. The summed E-state index contributed by atoms with van der Waals surface area (Å²) < 4.78 is 69.6. The fraction of sp³-hybridized carbons (Fsp3) is 0.286. The second-order valence-corrected chi connectivity index (χ2v) is 11.9. The molecule has 0 unspecified atom stereocenters. The molecule has 1 N–H and O–H groups in total. The maximum atomic E-state index is 13.8. The molecule has 3 aromatic rings. The number of nitrogens with zero attached hydrogens (tertiary/aromatic N) is 2. The van der Waals surface area contributed by atoms with E-state index in [4.69, 9.17) is 0 Å². The summed E-state index contributed by atoms with van der Waals surface area (Å²) in [5.74, 6) is -1.23. The van der Waals surface area contributed by atoms with Gasteiger partial charge in [0.05, 0.1) is 16.1 Å². The lowest BCUT2D eigenvalue weighted by atomic mass is 10.1. The van der Waals surface area contributed by atoms with Crippen LogP contribution in [0.5, 0.6) is 0 Å². The zero-order valence-corrected chi connectivity index (χ0v) is 24.5. The molecular weight excluding hydrogens is 611 g/mol. The highest BCUT2D eigenvalue weighted by Crippen LogP contribution is 2.33. The molecule has 0 aliphatic rings. The largest absolute Gasteiger partial charge is 0.416 e. The molecule has 7 nitrogen and oxygen atoms in total. The average molecular weight is 641 g/mol. The van der Waals surface area contributed by atoms with E-state index in [1.807, 2.05) is 0 Å². The fourth-order valence-electron chi connectivity index (χ4n) is 3.89. The van der Waals surface area contributed by atoms with Gasteiger partial charge in [-0.15, -0.1) is 0 Å². The first kappa shape index (κ1) is 31.2. The molecular formula is C28H29BrF3N3O4S. The first-order valence-corrected chi connectivity index (χ1v) is 14.6. The predicted octanol–water partition coefficient (Wildman–Crippen LogP) is 5.53. The van der Waals surface area contributed by atoms with Gasteiger partial charge in [-0.25, -0.2) is 8.42 Å². The van der Waals surface area contributed by atoms with Crippen molar-refractivity contribution >= 4 is 43.5 Å². The van der Waals surface area contributed by atoms with Gasteiger partial charge >= 0.3 is 6.18 Å².